The second-order valence-corrected chi connectivity index (χ2v) is 6.52. The summed E-state index contributed by atoms with van der Waals surface area (Å²) in [5.74, 6) is 6.81. The topological polar surface area (TPSA) is 45.6 Å². The van der Waals surface area contributed by atoms with Crippen molar-refractivity contribution in [1.29, 1.82) is 0 Å². The Hall–Kier alpha value is -2.85. The van der Waals surface area contributed by atoms with E-state index in [0.717, 1.165) is 56.2 Å². The van der Waals surface area contributed by atoms with Crippen LogP contribution in [0, 0.1) is 11.8 Å². The van der Waals surface area contributed by atoms with Crippen molar-refractivity contribution in [1.82, 2.24) is 9.97 Å². The Balaban J connectivity index is 1.60. The molecule has 0 spiro atoms. The molecular weight excluding hydrogens is 365 g/mol. The molecule has 0 amide bonds. The number of rotatable bonds is 3. The average Bonchev–Trinajstić information content (AvgIpc) is 2.69. The maximum Gasteiger partial charge on any atom is 0.433 e. The summed E-state index contributed by atoms with van der Waals surface area (Å²) in [7, 11) is 0. The van der Waals surface area contributed by atoms with Crippen LogP contribution in [0.2, 0.25) is 0 Å². The Morgan fingerprint density at radius 3 is 2.61 bits per heavy atom. The third kappa shape index (κ3) is 5.11. The van der Waals surface area contributed by atoms with Gasteiger partial charge in [-0.2, -0.15) is 13.2 Å². The zero-order valence-corrected chi connectivity index (χ0v) is 15.6. The van der Waals surface area contributed by atoms with Gasteiger partial charge in [-0.3, -0.25) is 4.98 Å². The van der Waals surface area contributed by atoms with Gasteiger partial charge < -0.3 is 10.2 Å². The van der Waals surface area contributed by atoms with E-state index in [2.05, 4.69) is 45.0 Å². The molecule has 3 rings (SSSR count). The largest absolute Gasteiger partial charge is 0.433 e. The normalized spacial score (nSPS) is 14.4. The van der Waals surface area contributed by atoms with E-state index in [9.17, 15) is 13.2 Å². The van der Waals surface area contributed by atoms with Crippen molar-refractivity contribution in [3.8, 4) is 11.8 Å². The average molecular weight is 387 g/mol. The third-order valence-electron chi connectivity index (χ3n) is 4.49. The first kappa shape index (κ1) is 19.9. The number of alkyl halides is 3. The lowest BCUT2D eigenvalue weighted by molar-refractivity contribution is -0.567. The predicted molar refractivity (Wildman–Crippen MR) is 102 cm³/mol. The quantitative estimate of drug-likeness (QED) is 0.822. The molecule has 7 heteroatoms. The number of hydrogen-bond donors (Lipinski definition) is 1. The molecule has 1 saturated heterocycles. The van der Waals surface area contributed by atoms with Gasteiger partial charge in [-0.1, -0.05) is 17.4 Å². The van der Waals surface area contributed by atoms with Crippen LogP contribution in [-0.4, -0.2) is 29.6 Å². The lowest BCUT2D eigenvalue weighted by Gasteiger charge is -2.29. The molecule has 0 atom stereocenters. The number of nitrogens with two attached hydrogens (primary N) is 1. The second-order valence-electron chi connectivity index (χ2n) is 6.52. The summed E-state index contributed by atoms with van der Waals surface area (Å²) in [6.45, 7) is 4.82. The summed E-state index contributed by atoms with van der Waals surface area (Å²) in [6.07, 6.45) is 2.20. The molecule has 4 nitrogen and oxygen atoms in total. The van der Waals surface area contributed by atoms with E-state index in [1.807, 2.05) is 18.3 Å². The Bertz CT molecular complexity index is 882. The lowest BCUT2D eigenvalue weighted by atomic mass is 10.0. The van der Waals surface area contributed by atoms with Crippen molar-refractivity contribution in [3.05, 3.63) is 59.6 Å². The van der Waals surface area contributed by atoms with Gasteiger partial charge in [0.15, 0.2) is 11.5 Å². The van der Waals surface area contributed by atoms with Crippen LogP contribution >= 0.6 is 0 Å². The SMILES string of the molecule is CC[NH2+]c1cccnc1N1CCC(=CC#Cc2ccc(C(F)(F)F)nc2)CC1. The van der Waals surface area contributed by atoms with Crippen LogP contribution in [0.15, 0.2) is 48.3 Å². The molecule has 2 aromatic rings. The molecule has 0 bridgehead atoms. The Kier molecular flexibility index (Phi) is 6.32. The minimum atomic E-state index is -4.43. The van der Waals surface area contributed by atoms with Gasteiger partial charge in [0.05, 0.1) is 6.54 Å². The first-order valence-corrected chi connectivity index (χ1v) is 9.23. The van der Waals surface area contributed by atoms with Gasteiger partial charge in [-0.25, -0.2) is 4.98 Å². The first-order valence-electron chi connectivity index (χ1n) is 9.23. The number of piperidine rings is 1. The predicted octanol–water partition coefficient (Wildman–Crippen LogP) is 3.29. The first-order chi connectivity index (χ1) is 13.5. The monoisotopic (exact) mass is 387 g/mol. The van der Waals surface area contributed by atoms with E-state index in [1.54, 1.807) is 0 Å². The van der Waals surface area contributed by atoms with E-state index in [4.69, 9.17) is 0 Å². The molecule has 146 valence electrons. The van der Waals surface area contributed by atoms with Crippen LogP contribution in [0.25, 0.3) is 0 Å². The lowest BCUT2D eigenvalue weighted by Crippen LogP contribution is -2.77. The molecule has 0 saturated carbocycles. The summed E-state index contributed by atoms with van der Waals surface area (Å²) < 4.78 is 37.6. The number of halogens is 3. The van der Waals surface area contributed by atoms with Crippen LogP contribution in [0.3, 0.4) is 0 Å². The van der Waals surface area contributed by atoms with E-state index in [0.29, 0.717) is 5.56 Å². The zero-order valence-electron chi connectivity index (χ0n) is 15.6. The smallest absolute Gasteiger partial charge is 0.351 e. The van der Waals surface area contributed by atoms with Crippen molar-refractivity contribution in [2.24, 2.45) is 0 Å². The van der Waals surface area contributed by atoms with E-state index in [-0.39, 0.29) is 0 Å². The van der Waals surface area contributed by atoms with Gasteiger partial charge in [-0.15, -0.1) is 0 Å². The fourth-order valence-corrected chi connectivity index (χ4v) is 3.06. The van der Waals surface area contributed by atoms with Crippen LogP contribution in [0.5, 0.6) is 0 Å². The maximum absolute atomic E-state index is 12.5. The van der Waals surface area contributed by atoms with Crippen LogP contribution < -0.4 is 10.2 Å². The van der Waals surface area contributed by atoms with Crippen molar-refractivity contribution in [3.63, 3.8) is 0 Å². The molecule has 2 N–H and O–H groups in total. The third-order valence-corrected chi connectivity index (χ3v) is 4.49. The van der Waals surface area contributed by atoms with Gasteiger partial charge in [-0.05, 0) is 44.0 Å². The molecule has 3 heterocycles. The molecule has 1 fully saturated rings. The highest BCUT2D eigenvalue weighted by atomic mass is 19.4. The summed E-state index contributed by atoms with van der Waals surface area (Å²) in [6, 6.07) is 6.33. The number of pyridine rings is 2. The van der Waals surface area contributed by atoms with Crippen LogP contribution in [0.1, 0.15) is 31.0 Å². The number of allylic oxidation sites excluding steroid dienone is 1. The molecule has 1 aliphatic rings. The standard InChI is InChI=1S/C21H21F3N4/c1-2-25-18-7-4-12-26-20(18)28-13-10-16(11-14-28)5-3-6-17-8-9-19(27-15-17)21(22,23)24/h4-5,7-9,12,15,25H,2,10-11,13-14H2,1H3/p+1. The van der Waals surface area contributed by atoms with Crippen molar-refractivity contribution < 1.29 is 18.5 Å². The maximum atomic E-state index is 12.5. The van der Waals surface area contributed by atoms with Crippen LogP contribution in [0.4, 0.5) is 24.7 Å². The fraction of sp³-hybridized carbons (Fsp3) is 0.333. The minimum Gasteiger partial charge on any atom is -0.351 e. The van der Waals surface area contributed by atoms with Gasteiger partial charge in [0.1, 0.15) is 5.69 Å². The van der Waals surface area contributed by atoms with Gasteiger partial charge in [0.2, 0.25) is 0 Å². The number of nitrogens with zero attached hydrogens (tertiary/aromatic N) is 3. The molecule has 1 aliphatic heterocycles. The highest BCUT2D eigenvalue weighted by molar-refractivity contribution is 5.57. The highest BCUT2D eigenvalue weighted by Crippen LogP contribution is 2.27. The molecule has 2 aromatic heterocycles. The minimum absolute atomic E-state index is 0.468. The van der Waals surface area contributed by atoms with E-state index >= 15 is 0 Å². The Labute approximate surface area is 162 Å². The zero-order chi connectivity index (χ0) is 20.0. The molecule has 0 aliphatic carbocycles. The molecular formula is C21H22F3N4+. The fourth-order valence-electron chi connectivity index (χ4n) is 3.06. The molecule has 0 radical (unpaired) electrons. The summed E-state index contributed by atoms with van der Waals surface area (Å²) in [5.41, 5.74) is 1.96. The Morgan fingerprint density at radius 2 is 1.96 bits per heavy atom. The second kappa shape index (κ2) is 8.89. The van der Waals surface area contributed by atoms with Crippen molar-refractivity contribution >= 4 is 11.5 Å². The van der Waals surface area contributed by atoms with E-state index < -0.39 is 11.9 Å². The van der Waals surface area contributed by atoms with Crippen LogP contribution in [-0.2, 0) is 6.18 Å². The van der Waals surface area contributed by atoms with E-state index in [1.165, 1.54) is 11.6 Å². The summed E-state index contributed by atoms with van der Waals surface area (Å²) in [4.78, 5) is 10.2. The van der Waals surface area contributed by atoms with Gasteiger partial charge in [0, 0.05) is 37.1 Å². The van der Waals surface area contributed by atoms with Gasteiger partial charge in [0.25, 0.3) is 0 Å². The molecule has 0 unspecified atom stereocenters. The number of hydrogen-bond acceptors (Lipinski definition) is 3. The molecule has 28 heavy (non-hydrogen) atoms. The summed E-state index contributed by atoms with van der Waals surface area (Å²) >= 11 is 0. The molecule has 0 aromatic carbocycles. The highest BCUT2D eigenvalue weighted by Gasteiger charge is 2.31. The number of aromatic nitrogens is 2. The van der Waals surface area contributed by atoms with Crippen molar-refractivity contribution in [2.75, 3.05) is 24.5 Å². The van der Waals surface area contributed by atoms with Gasteiger partial charge >= 0.3 is 6.18 Å². The van der Waals surface area contributed by atoms with Crippen molar-refractivity contribution in [2.45, 2.75) is 25.9 Å². The number of quaternary nitrogens is 1. The summed E-state index contributed by atoms with van der Waals surface area (Å²) in [5, 5.41) is 2.18. The Morgan fingerprint density at radius 1 is 1.18 bits per heavy atom. The number of anilines is 1.